The van der Waals surface area contributed by atoms with Crippen molar-refractivity contribution in [2.75, 3.05) is 6.54 Å². The van der Waals surface area contributed by atoms with Crippen molar-refractivity contribution in [2.45, 2.75) is 13.3 Å². The number of hydrogen-bond donors (Lipinski definition) is 1. The van der Waals surface area contributed by atoms with Gasteiger partial charge in [-0.05, 0) is 25.1 Å². The zero-order valence-corrected chi connectivity index (χ0v) is 6.22. The van der Waals surface area contributed by atoms with Crippen LogP contribution in [0.4, 0.5) is 0 Å². The summed E-state index contributed by atoms with van der Waals surface area (Å²) >= 11 is 0. The SMILES string of the molecule is C=CNC1=NCCC=C1C. The maximum absolute atomic E-state index is 4.27. The molecule has 0 aromatic rings. The van der Waals surface area contributed by atoms with Crippen LogP contribution in [0.15, 0.2) is 29.4 Å². The fourth-order valence-corrected chi connectivity index (χ4v) is 0.935. The molecule has 54 valence electrons. The summed E-state index contributed by atoms with van der Waals surface area (Å²) in [4.78, 5) is 4.27. The number of aliphatic imine (C=N–C) groups is 1. The summed E-state index contributed by atoms with van der Waals surface area (Å²) in [5.41, 5.74) is 1.21. The maximum atomic E-state index is 4.27. The van der Waals surface area contributed by atoms with Crippen LogP contribution in [0, 0.1) is 0 Å². The highest BCUT2D eigenvalue weighted by atomic mass is 15.0. The molecule has 0 bridgehead atoms. The Hall–Kier alpha value is -1.05. The predicted molar refractivity (Wildman–Crippen MR) is 44.0 cm³/mol. The molecule has 10 heavy (non-hydrogen) atoms. The zero-order chi connectivity index (χ0) is 7.40. The summed E-state index contributed by atoms with van der Waals surface area (Å²) in [5.74, 6) is 0.959. The molecule has 0 spiro atoms. The third-order valence-corrected chi connectivity index (χ3v) is 1.46. The van der Waals surface area contributed by atoms with E-state index in [4.69, 9.17) is 0 Å². The second-order valence-electron chi connectivity index (χ2n) is 2.25. The first kappa shape index (κ1) is 7.06. The van der Waals surface area contributed by atoms with Crippen LogP contribution in [-0.2, 0) is 0 Å². The van der Waals surface area contributed by atoms with Crippen molar-refractivity contribution in [1.29, 1.82) is 0 Å². The molecule has 0 saturated heterocycles. The Morgan fingerprint density at radius 3 is 3.20 bits per heavy atom. The summed E-state index contributed by atoms with van der Waals surface area (Å²) in [5, 5.41) is 2.98. The monoisotopic (exact) mass is 136 g/mol. The standard InChI is InChI=1S/C8H12N2/c1-3-9-8-7(2)5-4-6-10-8/h3,5H,1,4,6H2,2H3,(H,9,10). The summed E-state index contributed by atoms with van der Waals surface area (Å²) in [7, 11) is 0. The van der Waals surface area contributed by atoms with E-state index in [0.717, 1.165) is 18.8 Å². The van der Waals surface area contributed by atoms with Gasteiger partial charge in [0.15, 0.2) is 0 Å². The van der Waals surface area contributed by atoms with Gasteiger partial charge in [-0.1, -0.05) is 12.7 Å². The van der Waals surface area contributed by atoms with Gasteiger partial charge >= 0.3 is 0 Å². The van der Waals surface area contributed by atoms with E-state index in [2.05, 4.69) is 29.9 Å². The number of nitrogens with one attached hydrogen (secondary N) is 1. The van der Waals surface area contributed by atoms with Gasteiger partial charge in [0.1, 0.15) is 5.84 Å². The second-order valence-corrected chi connectivity index (χ2v) is 2.25. The number of nitrogens with zero attached hydrogens (tertiary/aromatic N) is 1. The van der Waals surface area contributed by atoms with Gasteiger partial charge in [0.25, 0.3) is 0 Å². The average molecular weight is 136 g/mol. The third-order valence-electron chi connectivity index (χ3n) is 1.46. The molecule has 0 radical (unpaired) electrons. The van der Waals surface area contributed by atoms with E-state index >= 15 is 0 Å². The van der Waals surface area contributed by atoms with Crippen molar-refractivity contribution in [3.63, 3.8) is 0 Å². The first-order chi connectivity index (χ1) is 4.84. The molecular formula is C8H12N2. The van der Waals surface area contributed by atoms with Crippen molar-refractivity contribution in [3.8, 4) is 0 Å². The van der Waals surface area contributed by atoms with Crippen LogP contribution in [-0.4, -0.2) is 12.4 Å². The van der Waals surface area contributed by atoms with E-state index in [1.165, 1.54) is 5.57 Å². The largest absolute Gasteiger partial charge is 0.347 e. The van der Waals surface area contributed by atoms with E-state index in [1.807, 2.05) is 0 Å². The summed E-state index contributed by atoms with van der Waals surface area (Å²) < 4.78 is 0. The minimum atomic E-state index is 0.896. The lowest BCUT2D eigenvalue weighted by Gasteiger charge is -2.10. The molecule has 0 fully saturated rings. The molecule has 0 aromatic heterocycles. The van der Waals surface area contributed by atoms with E-state index < -0.39 is 0 Å². The molecule has 0 amide bonds. The Labute approximate surface area is 61.4 Å². The summed E-state index contributed by atoms with van der Waals surface area (Å²) in [6.45, 7) is 6.52. The Morgan fingerprint density at radius 1 is 1.80 bits per heavy atom. The number of rotatable bonds is 1. The van der Waals surface area contributed by atoms with Gasteiger partial charge in [0.2, 0.25) is 0 Å². The van der Waals surface area contributed by atoms with Crippen LogP contribution in [0.25, 0.3) is 0 Å². The molecule has 0 atom stereocenters. The van der Waals surface area contributed by atoms with Crippen molar-refractivity contribution in [2.24, 2.45) is 4.99 Å². The van der Waals surface area contributed by atoms with Crippen LogP contribution < -0.4 is 5.32 Å². The average Bonchev–Trinajstić information content (AvgIpc) is 1.94. The number of hydrogen-bond acceptors (Lipinski definition) is 2. The predicted octanol–water partition coefficient (Wildman–Crippen LogP) is 1.47. The van der Waals surface area contributed by atoms with Crippen molar-refractivity contribution in [3.05, 3.63) is 24.4 Å². The van der Waals surface area contributed by atoms with E-state index in [0.29, 0.717) is 0 Å². The van der Waals surface area contributed by atoms with Crippen LogP contribution in [0.2, 0.25) is 0 Å². The fraction of sp³-hybridized carbons (Fsp3) is 0.375. The van der Waals surface area contributed by atoms with Gasteiger partial charge in [-0.3, -0.25) is 4.99 Å². The van der Waals surface area contributed by atoms with E-state index in [1.54, 1.807) is 6.20 Å². The first-order valence-electron chi connectivity index (χ1n) is 3.43. The Morgan fingerprint density at radius 2 is 2.60 bits per heavy atom. The van der Waals surface area contributed by atoms with Crippen molar-refractivity contribution >= 4 is 5.84 Å². The highest BCUT2D eigenvalue weighted by molar-refractivity contribution is 5.98. The first-order valence-corrected chi connectivity index (χ1v) is 3.43. The Bertz CT molecular complexity index is 189. The summed E-state index contributed by atoms with van der Waals surface area (Å²) in [6.07, 6.45) is 4.90. The zero-order valence-electron chi connectivity index (χ0n) is 6.22. The minimum absolute atomic E-state index is 0.896. The van der Waals surface area contributed by atoms with E-state index in [9.17, 15) is 0 Å². The smallest absolute Gasteiger partial charge is 0.127 e. The highest BCUT2D eigenvalue weighted by Crippen LogP contribution is 2.03. The molecule has 1 aliphatic heterocycles. The molecule has 0 unspecified atom stereocenters. The molecule has 0 aliphatic carbocycles. The van der Waals surface area contributed by atoms with Gasteiger partial charge in [0.05, 0.1) is 0 Å². The quantitative estimate of drug-likeness (QED) is 0.580. The second kappa shape index (κ2) is 3.20. The molecule has 1 aliphatic rings. The van der Waals surface area contributed by atoms with Crippen molar-refractivity contribution < 1.29 is 0 Å². The fourth-order valence-electron chi connectivity index (χ4n) is 0.935. The lowest BCUT2D eigenvalue weighted by atomic mass is 10.2. The van der Waals surface area contributed by atoms with Gasteiger partial charge < -0.3 is 5.32 Å². The Balaban J connectivity index is 2.64. The maximum Gasteiger partial charge on any atom is 0.127 e. The van der Waals surface area contributed by atoms with Crippen LogP contribution in [0.3, 0.4) is 0 Å². The van der Waals surface area contributed by atoms with Gasteiger partial charge in [-0.2, -0.15) is 0 Å². The number of amidine groups is 1. The minimum Gasteiger partial charge on any atom is -0.347 e. The van der Waals surface area contributed by atoms with Gasteiger partial charge in [-0.15, -0.1) is 0 Å². The summed E-state index contributed by atoms with van der Waals surface area (Å²) in [6, 6.07) is 0. The normalized spacial score (nSPS) is 17.3. The molecule has 0 saturated carbocycles. The van der Waals surface area contributed by atoms with Crippen molar-refractivity contribution in [1.82, 2.24) is 5.32 Å². The third kappa shape index (κ3) is 1.47. The van der Waals surface area contributed by atoms with Crippen LogP contribution in [0.1, 0.15) is 13.3 Å². The lowest BCUT2D eigenvalue weighted by Crippen LogP contribution is -2.20. The van der Waals surface area contributed by atoms with Crippen LogP contribution >= 0.6 is 0 Å². The lowest BCUT2D eigenvalue weighted by molar-refractivity contribution is 0.959. The topological polar surface area (TPSA) is 24.4 Å². The molecular weight excluding hydrogens is 124 g/mol. The van der Waals surface area contributed by atoms with E-state index in [-0.39, 0.29) is 0 Å². The molecule has 1 rings (SSSR count). The molecule has 2 nitrogen and oxygen atoms in total. The van der Waals surface area contributed by atoms with Gasteiger partial charge in [0, 0.05) is 6.54 Å². The molecule has 1 N–H and O–H groups in total. The molecule has 2 heteroatoms. The van der Waals surface area contributed by atoms with Gasteiger partial charge in [-0.25, -0.2) is 0 Å². The van der Waals surface area contributed by atoms with Crippen LogP contribution in [0.5, 0.6) is 0 Å². The molecule has 1 heterocycles. The number of dihydropyridines is 1. The Kier molecular flexibility index (Phi) is 2.26. The molecule has 0 aromatic carbocycles. The highest BCUT2D eigenvalue weighted by Gasteiger charge is 2.02.